The predicted molar refractivity (Wildman–Crippen MR) is 74.7 cm³/mol. The Bertz CT molecular complexity index is 379. The monoisotopic (exact) mass is 248 g/mol. The lowest BCUT2D eigenvalue weighted by Gasteiger charge is -2.23. The average Bonchev–Trinajstić information content (AvgIpc) is 2.76. The van der Waals surface area contributed by atoms with Crippen LogP contribution >= 0.6 is 0 Å². The van der Waals surface area contributed by atoms with E-state index in [-0.39, 0.29) is 6.10 Å². The van der Waals surface area contributed by atoms with Gasteiger partial charge in [0.1, 0.15) is 5.75 Å². The molecule has 3 heteroatoms. The molecule has 1 aromatic carbocycles. The van der Waals surface area contributed by atoms with Crippen molar-refractivity contribution in [3.8, 4) is 5.75 Å². The normalized spacial score (nSPS) is 20.6. The fourth-order valence-electron chi connectivity index (χ4n) is 2.59. The maximum atomic E-state index is 5.81. The van der Waals surface area contributed by atoms with Crippen LogP contribution in [0.1, 0.15) is 32.3 Å². The summed E-state index contributed by atoms with van der Waals surface area (Å²) in [5.74, 6) is 0.964. The molecule has 1 atom stereocenters. The number of likely N-dealkylation sites (tertiary alicyclic amines) is 1. The van der Waals surface area contributed by atoms with Crippen LogP contribution in [0.5, 0.6) is 5.75 Å². The number of rotatable bonds is 5. The SMILES string of the molecule is CC(C)Oc1cccc(CN2CCCC2CN)c1. The summed E-state index contributed by atoms with van der Waals surface area (Å²) in [4.78, 5) is 2.48. The van der Waals surface area contributed by atoms with Crippen LogP contribution in [0, 0.1) is 0 Å². The van der Waals surface area contributed by atoms with Gasteiger partial charge in [-0.3, -0.25) is 4.90 Å². The average molecular weight is 248 g/mol. The van der Waals surface area contributed by atoms with E-state index in [0.29, 0.717) is 6.04 Å². The van der Waals surface area contributed by atoms with Gasteiger partial charge in [0, 0.05) is 19.1 Å². The summed E-state index contributed by atoms with van der Waals surface area (Å²) in [5.41, 5.74) is 7.12. The molecule has 18 heavy (non-hydrogen) atoms. The lowest BCUT2D eigenvalue weighted by Crippen LogP contribution is -2.34. The van der Waals surface area contributed by atoms with Crippen LogP contribution < -0.4 is 10.5 Å². The van der Waals surface area contributed by atoms with Crippen molar-refractivity contribution in [2.24, 2.45) is 5.73 Å². The van der Waals surface area contributed by atoms with Gasteiger partial charge in [-0.25, -0.2) is 0 Å². The largest absolute Gasteiger partial charge is 0.491 e. The van der Waals surface area contributed by atoms with Crippen LogP contribution in [0.15, 0.2) is 24.3 Å². The smallest absolute Gasteiger partial charge is 0.120 e. The molecular weight excluding hydrogens is 224 g/mol. The van der Waals surface area contributed by atoms with Gasteiger partial charge < -0.3 is 10.5 Å². The van der Waals surface area contributed by atoms with Gasteiger partial charge in [-0.2, -0.15) is 0 Å². The lowest BCUT2D eigenvalue weighted by atomic mass is 10.1. The van der Waals surface area contributed by atoms with Crippen LogP contribution in [0.25, 0.3) is 0 Å². The first kappa shape index (κ1) is 13.4. The van der Waals surface area contributed by atoms with E-state index >= 15 is 0 Å². The zero-order valence-corrected chi connectivity index (χ0v) is 11.4. The molecule has 0 radical (unpaired) electrons. The molecule has 0 aromatic heterocycles. The van der Waals surface area contributed by atoms with Crippen LogP contribution in [0.3, 0.4) is 0 Å². The van der Waals surface area contributed by atoms with E-state index in [2.05, 4.69) is 36.9 Å². The van der Waals surface area contributed by atoms with E-state index in [1.165, 1.54) is 18.4 Å². The Kier molecular flexibility index (Phi) is 4.61. The number of ether oxygens (including phenoxy) is 1. The van der Waals surface area contributed by atoms with Crippen molar-refractivity contribution in [1.29, 1.82) is 0 Å². The summed E-state index contributed by atoms with van der Waals surface area (Å²) in [6.07, 6.45) is 2.73. The third-order valence-electron chi connectivity index (χ3n) is 3.43. The Balaban J connectivity index is 2.00. The zero-order valence-electron chi connectivity index (χ0n) is 11.4. The van der Waals surface area contributed by atoms with Crippen LogP contribution in [-0.2, 0) is 6.54 Å². The molecule has 1 fully saturated rings. The molecule has 100 valence electrons. The first-order chi connectivity index (χ1) is 8.69. The highest BCUT2D eigenvalue weighted by Crippen LogP contribution is 2.21. The maximum Gasteiger partial charge on any atom is 0.120 e. The summed E-state index contributed by atoms with van der Waals surface area (Å²) in [7, 11) is 0. The molecule has 1 saturated heterocycles. The summed E-state index contributed by atoms with van der Waals surface area (Å²) < 4.78 is 5.73. The quantitative estimate of drug-likeness (QED) is 0.869. The fourth-order valence-corrected chi connectivity index (χ4v) is 2.59. The maximum absolute atomic E-state index is 5.81. The van der Waals surface area contributed by atoms with Crippen LogP contribution in [0.2, 0.25) is 0 Å². The Morgan fingerprint density at radius 1 is 1.44 bits per heavy atom. The Morgan fingerprint density at radius 3 is 3.00 bits per heavy atom. The van der Waals surface area contributed by atoms with Gasteiger partial charge in [0.15, 0.2) is 0 Å². The molecule has 1 heterocycles. The van der Waals surface area contributed by atoms with Crippen LogP contribution in [-0.4, -0.2) is 30.1 Å². The highest BCUT2D eigenvalue weighted by Gasteiger charge is 2.22. The first-order valence-corrected chi connectivity index (χ1v) is 6.88. The molecule has 1 aliphatic rings. The van der Waals surface area contributed by atoms with Crippen molar-refractivity contribution in [3.05, 3.63) is 29.8 Å². The number of hydrogen-bond acceptors (Lipinski definition) is 3. The number of nitrogens with two attached hydrogens (primary N) is 1. The van der Waals surface area contributed by atoms with E-state index in [4.69, 9.17) is 10.5 Å². The third kappa shape index (κ3) is 3.47. The molecule has 1 unspecified atom stereocenters. The minimum Gasteiger partial charge on any atom is -0.491 e. The topological polar surface area (TPSA) is 38.5 Å². The molecule has 0 bridgehead atoms. The molecule has 2 rings (SSSR count). The minimum atomic E-state index is 0.226. The van der Waals surface area contributed by atoms with Crippen molar-refractivity contribution >= 4 is 0 Å². The van der Waals surface area contributed by atoms with Crippen molar-refractivity contribution < 1.29 is 4.74 Å². The van der Waals surface area contributed by atoms with E-state index in [0.717, 1.165) is 25.4 Å². The third-order valence-corrected chi connectivity index (χ3v) is 3.43. The van der Waals surface area contributed by atoms with Gasteiger partial charge in [-0.15, -0.1) is 0 Å². The van der Waals surface area contributed by atoms with E-state index < -0.39 is 0 Å². The molecule has 0 saturated carbocycles. The Morgan fingerprint density at radius 2 is 2.28 bits per heavy atom. The van der Waals surface area contributed by atoms with Gasteiger partial charge in [0.25, 0.3) is 0 Å². The Labute approximate surface area is 110 Å². The minimum absolute atomic E-state index is 0.226. The van der Waals surface area contributed by atoms with Crippen molar-refractivity contribution in [2.45, 2.75) is 45.4 Å². The van der Waals surface area contributed by atoms with E-state index in [1.807, 2.05) is 6.07 Å². The summed E-state index contributed by atoms with van der Waals surface area (Å²) >= 11 is 0. The molecule has 1 aromatic rings. The second-order valence-corrected chi connectivity index (χ2v) is 5.32. The summed E-state index contributed by atoms with van der Waals surface area (Å²) in [6, 6.07) is 8.96. The summed E-state index contributed by atoms with van der Waals surface area (Å²) in [5, 5.41) is 0. The second kappa shape index (κ2) is 6.21. The second-order valence-electron chi connectivity index (χ2n) is 5.32. The highest BCUT2D eigenvalue weighted by molar-refractivity contribution is 5.28. The van der Waals surface area contributed by atoms with E-state index in [9.17, 15) is 0 Å². The van der Waals surface area contributed by atoms with Gasteiger partial charge in [0.05, 0.1) is 6.10 Å². The van der Waals surface area contributed by atoms with E-state index in [1.54, 1.807) is 0 Å². The first-order valence-electron chi connectivity index (χ1n) is 6.88. The number of benzene rings is 1. The van der Waals surface area contributed by atoms with Gasteiger partial charge in [0.2, 0.25) is 0 Å². The Hall–Kier alpha value is -1.06. The van der Waals surface area contributed by atoms with Crippen LogP contribution in [0.4, 0.5) is 0 Å². The molecule has 0 amide bonds. The molecule has 2 N–H and O–H groups in total. The lowest BCUT2D eigenvalue weighted by molar-refractivity contribution is 0.238. The van der Waals surface area contributed by atoms with Crippen molar-refractivity contribution in [1.82, 2.24) is 4.90 Å². The standard InChI is InChI=1S/C15H24N2O/c1-12(2)18-15-7-3-5-13(9-15)11-17-8-4-6-14(17)10-16/h3,5,7,9,12,14H,4,6,8,10-11,16H2,1-2H3. The van der Waals surface area contributed by atoms with Crippen molar-refractivity contribution in [2.75, 3.05) is 13.1 Å². The molecule has 0 spiro atoms. The van der Waals surface area contributed by atoms with Crippen molar-refractivity contribution in [3.63, 3.8) is 0 Å². The molecule has 1 aliphatic heterocycles. The predicted octanol–water partition coefficient (Wildman–Crippen LogP) is 2.40. The molecule has 3 nitrogen and oxygen atoms in total. The number of nitrogens with zero attached hydrogens (tertiary/aromatic N) is 1. The molecular formula is C15H24N2O. The molecule has 0 aliphatic carbocycles. The van der Waals surface area contributed by atoms with Gasteiger partial charge in [-0.1, -0.05) is 12.1 Å². The van der Waals surface area contributed by atoms with Gasteiger partial charge in [-0.05, 0) is 50.9 Å². The fraction of sp³-hybridized carbons (Fsp3) is 0.600. The summed E-state index contributed by atoms with van der Waals surface area (Å²) in [6.45, 7) is 7.02. The zero-order chi connectivity index (χ0) is 13.0. The number of hydrogen-bond donors (Lipinski definition) is 1. The highest BCUT2D eigenvalue weighted by atomic mass is 16.5. The van der Waals surface area contributed by atoms with Gasteiger partial charge >= 0.3 is 0 Å².